The quantitative estimate of drug-likeness (QED) is 0.0282. The summed E-state index contributed by atoms with van der Waals surface area (Å²) in [6, 6.07) is 18.6. The highest BCUT2D eigenvalue weighted by molar-refractivity contribution is 5.87. The monoisotopic (exact) mass is 981 g/mol. The van der Waals surface area contributed by atoms with Gasteiger partial charge in [-0.05, 0) is 146 Å². The minimum atomic E-state index is -0.525. The summed E-state index contributed by atoms with van der Waals surface area (Å²) >= 11 is 0. The lowest BCUT2D eigenvalue weighted by Crippen LogP contribution is -2.30. The van der Waals surface area contributed by atoms with Crippen molar-refractivity contribution in [2.75, 3.05) is 79.3 Å². The molecule has 6 atom stereocenters. The van der Waals surface area contributed by atoms with Crippen molar-refractivity contribution in [3.63, 3.8) is 0 Å². The van der Waals surface area contributed by atoms with Crippen molar-refractivity contribution in [1.29, 1.82) is 0 Å². The van der Waals surface area contributed by atoms with Gasteiger partial charge in [-0.1, -0.05) is 56.0 Å². The minimum Gasteiger partial charge on any atom is -0.490 e. The Labute approximate surface area is 418 Å². The zero-order valence-electron chi connectivity index (χ0n) is 42.8. The first kappa shape index (κ1) is 59.5. The van der Waals surface area contributed by atoms with Gasteiger partial charge in [-0.15, -0.1) is 0 Å². The molecule has 3 aliphatic carbocycles. The summed E-state index contributed by atoms with van der Waals surface area (Å²) < 4.78 is 54.3. The van der Waals surface area contributed by atoms with Crippen molar-refractivity contribution >= 4 is 23.9 Å². The number of hydrogen-bond donors (Lipinski definition) is 0. The summed E-state index contributed by atoms with van der Waals surface area (Å²) in [5.74, 6) is 4.49. The highest BCUT2D eigenvalue weighted by Gasteiger charge is 2.48. The fourth-order valence-electron chi connectivity index (χ4n) is 8.70. The van der Waals surface area contributed by atoms with E-state index in [1.807, 2.05) is 74.5 Å². The summed E-state index contributed by atoms with van der Waals surface area (Å²) in [6.45, 7) is 19.2. The maximum absolute atomic E-state index is 12.1. The van der Waals surface area contributed by atoms with E-state index in [1.165, 1.54) is 23.7 Å². The maximum Gasteiger partial charge on any atom is 0.333 e. The Hall–Kier alpha value is -4.76. The molecule has 0 amide bonds. The number of unbranched alkanes of at least 4 members (excludes halogenated alkanes) is 2. The molecule has 70 heavy (non-hydrogen) atoms. The lowest BCUT2D eigenvalue weighted by molar-refractivity contribution is -0.155. The van der Waals surface area contributed by atoms with Gasteiger partial charge < -0.3 is 47.4 Å². The Kier molecular flexibility index (Phi) is 31.5. The fourth-order valence-corrected chi connectivity index (χ4v) is 8.70. The van der Waals surface area contributed by atoms with Gasteiger partial charge in [0, 0.05) is 63.6 Å². The Bertz CT molecular complexity index is 1630. The molecule has 0 aromatic heterocycles. The Balaban J connectivity index is 0.000000306. The highest BCUT2D eigenvalue weighted by Crippen LogP contribution is 2.58. The number of para-hydroxylation sites is 2. The Morgan fingerprint density at radius 1 is 0.514 bits per heavy atom. The third kappa shape index (κ3) is 26.4. The molecule has 392 valence electrons. The predicted molar refractivity (Wildman–Crippen MR) is 268 cm³/mol. The van der Waals surface area contributed by atoms with Gasteiger partial charge >= 0.3 is 23.9 Å². The number of fused-ring (bicyclic) bond motifs is 5. The van der Waals surface area contributed by atoms with Crippen molar-refractivity contribution in [3.8, 4) is 11.5 Å². The Morgan fingerprint density at radius 2 is 0.900 bits per heavy atom. The molecule has 6 unspecified atom stereocenters. The van der Waals surface area contributed by atoms with Gasteiger partial charge in [-0.25, -0.2) is 9.59 Å². The van der Waals surface area contributed by atoms with Gasteiger partial charge in [-0.2, -0.15) is 0 Å². The highest BCUT2D eigenvalue weighted by atomic mass is 16.6. The lowest BCUT2D eigenvalue weighted by Gasteiger charge is -2.23. The largest absolute Gasteiger partial charge is 0.490 e. The van der Waals surface area contributed by atoms with E-state index < -0.39 is 24.1 Å². The SMILES string of the molecule is C1CC2C3CCC(C3)C2C1.C=C(C)C(=O)OCCCC(=O)OC(COCCCCOCC)COc1ccccc1.C=C(C)C(=O)OCCCC(=O)OC(COCCCCOCC)COc1ccccc1. The van der Waals surface area contributed by atoms with Crippen LogP contribution in [0.2, 0.25) is 0 Å². The first-order chi connectivity index (χ1) is 34.0. The normalized spacial score (nSPS) is 18.1. The summed E-state index contributed by atoms with van der Waals surface area (Å²) in [5, 5.41) is 0. The molecule has 5 rings (SSSR count). The van der Waals surface area contributed by atoms with Crippen LogP contribution in [0.15, 0.2) is 85.0 Å². The van der Waals surface area contributed by atoms with Crippen molar-refractivity contribution in [3.05, 3.63) is 85.0 Å². The molecular weight excluding hydrogens is 897 g/mol. The standard InChI is InChI=1S/2C23H34O7.C10H16/c2*1-4-26-14-8-9-15-27-17-21(18-29-20-11-6-5-7-12-20)30-22(24)13-10-16-28-23(25)19(2)3;1-2-9-7-4-5-8(6-7)10(9)3-1/h2*5-7,11-12,21H,2,4,8-10,13-18H2,1,3H3;7-10H,1-6H2. The van der Waals surface area contributed by atoms with Crippen LogP contribution in [-0.4, -0.2) is 115 Å². The number of carbonyl (C=O) groups is 4. The predicted octanol–water partition coefficient (Wildman–Crippen LogP) is 10.3. The second-order valence-corrected chi connectivity index (χ2v) is 18.1. The van der Waals surface area contributed by atoms with Gasteiger partial charge in [0.2, 0.25) is 0 Å². The molecular formula is C56H84O14. The molecule has 0 saturated heterocycles. The smallest absolute Gasteiger partial charge is 0.333 e. The van der Waals surface area contributed by atoms with E-state index in [-0.39, 0.29) is 64.4 Å². The molecule has 2 aromatic rings. The number of ether oxygens (including phenoxy) is 10. The second-order valence-electron chi connectivity index (χ2n) is 18.1. The van der Waals surface area contributed by atoms with E-state index in [2.05, 4.69) is 13.2 Å². The van der Waals surface area contributed by atoms with Crippen molar-refractivity contribution < 1.29 is 66.5 Å². The van der Waals surface area contributed by atoms with Crippen LogP contribution >= 0.6 is 0 Å². The molecule has 0 spiro atoms. The van der Waals surface area contributed by atoms with Gasteiger partial charge in [0.15, 0.2) is 12.2 Å². The van der Waals surface area contributed by atoms with Crippen LogP contribution in [0.3, 0.4) is 0 Å². The van der Waals surface area contributed by atoms with E-state index in [4.69, 9.17) is 47.4 Å². The van der Waals surface area contributed by atoms with E-state index in [1.54, 1.807) is 52.4 Å². The molecule has 2 bridgehead atoms. The van der Waals surface area contributed by atoms with E-state index in [0.29, 0.717) is 75.1 Å². The zero-order chi connectivity index (χ0) is 50.6. The average molecular weight is 981 g/mol. The van der Waals surface area contributed by atoms with Crippen LogP contribution in [0.4, 0.5) is 0 Å². The van der Waals surface area contributed by atoms with Gasteiger partial charge in [0.05, 0.1) is 26.4 Å². The molecule has 0 N–H and O–H groups in total. The van der Waals surface area contributed by atoms with Crippen LogP contribution < -0.4 is 9.47 Å². The third-order valence-corrected chi connectivity index (χ3v) is 12.2. The lowest BCUT2D eigenvalue weighted by atomic mass is 9.82. The number of carbonyl (C=O) groups excluding carboxylic acids is 4. The first-order valence-corrected chi connectivity index (χ1v) is 25.7. The van der Waals surface area contributed by atoms with Gasteiger partial charge in [0.25, 0.3) is 0 Å². The van der Waals surface area contributed by atoms with Crippen LogP contribution in [0.1, 0.15) is 118 Å². The number of esters is 4. The Morgan fingerprint density at radius 3 is 1.27 bits per heavy atom. The summed E-state index contributed by atoms with van der Waals surface area (Å²) in [7, 11) is 0. The van der Waals surface area contributed by atoms with Crippen LogP contribution in [0, 0.1) is 23.7 Å². The van der Waals surface area contributed by atoms with Crippen LogP contribution in [0.5, 0.6) is 11.5 Å². The fraction of sp³-hybridized carbons (Fsp3) is 0.643. The number of benzene rings is 2. The van der Waals surface area contributed by atoms with E-state index in [9.17, 15) is 19.2 Å². The average Bonchev–Trinajstić information content (AvgIpc) is 4.13. The van der Waals surface area contributed by atoms with Crippen molar-refractivity contribution in [2.24, 2.45) is 23.7 Å². The third-order valence-electron chi connectivity index (χ3n) is 12.2. The van der Waals surface area contributed by atoms with Crippen LogP contribution in [-0.2, 0) is 57.1 Å². The molecule has 14 nitrogen and oxygen atoms in total. The molecule has 0 radical (unpaired) electrons. The van der Waals surface area contributed by atoms with Crippen molar-refractivity contribution in [2.45, 2.75) is 130 Å². The molecule has 3 fully saturated rings. The molecule has 14 heteroatoms. The minimum absolute atomic E-state index is 0.139. The van der Waals surface area contributed by atoms with E-state index >= 15 is 0 Å². The molecule has 0 aliphatic heterocycles. The molecule has 3 aliphatic rings. The number of rotatable bonds is 34. The zero-order valence-corrected chi connectivity index (χ0v) is 42.8. The first-order valence-electron chi connectivity index (χ1n) is 25.7. The number of hydrogen-bond acceptors (Lipinski definition) is 14. The summed E-state index contributed by atoms with van der Waals surface area (Å²) in [5.41, 5.74) is 0.656. The maximum atomic E-state index is 12.1. The topological polar surface area (TPSA) is 161 Å². The second kappa shape index (κ2) is 37.1. The molecule has 3 saturated carbocycles. The van der Waals surface area contributed by atoms with Gasteiger partial charge in [-0.3, -0.25) is 9.59 Å². The van der Waals surface area contributed by atoms with E-state index in [0.717, 1.165) is 25.7 Å². The van der Waals surface area contributed by atoms with Crippen LogP contribution in [0.25, 0.3) is 0 Å². The molecule has 2 aromatic carbocycles. The molecule has 0 heterocycles. The van der Waals surface area contributed by atoms with Gasteiger partial charge in [0.1, 0.15) is 24.7 Å². The summed E-state index contributed by atoms with van der Waals surface area (Å²) in [6.07, 6.45) is 13.1. The van der Waals surface area contributed by atoms with Crippen molar-refractivity contribution in [1.82, 2.24) is 0 Å². The summed E-state index contributed by atoms with van der Waals surface area (Å²) in [4.78, 5) is 47.0.